The number of benzene rings is 8. The fraction of sp³-hybridized carbons (Fsp3) is 0.147. The maximum atomic E-state index is 2.43. The number of rotatable bonds is 13. The van der Waals surface area contributed by atoms with Crippen molar-refractivity contribution in [1.29, 1.82) is 0 Å². The number of fused-ring (bicyclic) bond motifs is 2. The molecule has 0 bridgehead atoms. The zero-order valence-electron chi connectivity index (χ0n) is 40.9. The lowest BCUT2D eigenvalue weighted by molar-refractivity contribution is 0.918. The van der Waals surface area contributed by atoms with Gasteiger partial charge in [-0.05, 0) is 204 Å². The first kappa shape index (κ1) is 44.6. The van der Waals surface area contributed by atoms with E-state index in [0.717, 1.165) is 54.9 Å². The minimum atomic E-state index is 0.995. The average Bonchev–Trinajstić information content (AvgIpc) is 3.92. The van der Waals surface area contributed by atoms with E-state index in [1.807, 2.05) is 0 Å². The highest BCUT2D eigenvalue weighted by molar-refractivity contribution is 5.89. The van der Waals surface area contributed by atoms with Gasteiger partial charge in [0.25, 0.3) is 0 Å². The van der Waals surface area contributed by atoms with Crippen LogP contribution >= 0.6 is 0 Å². The van der Waals surface area contributed by atoms with E-state index in [-0.39, 0.29) is 0 Å². The van der Waals surface area contributed by atoms with E-state index >= 15 is 0 Å². The van der Waals surface area contributed by atoms with Crippen LogP contribution < -0.4 is 9.80 Å². The monoisotopic (exact) mass is 904 g/mol. The van der Waals surface area contributed by atoms with Crippen molar-refractivity contribution < 1.29 is 0 Å². The summed E-state index contributed by atoms with van der Waals surface area (Å²) in [6, 6.07) is 69.8. The van der Waals surface area contributed by atoms with E-state index < -0.39 is 0 Å². The number of anilines is 5. The third-order valence-electron chi connectivity index (χ3n) is 14.6. The van der Waals surface area contributed by atoms with Crippen LogP contribution in [0.25, 0.3) is 55.7 Å². The molecular formula is C68H60N2. The zero-order chi connectivity index (χ0) is 47.6. The maximum absolute atomic E-state index is 2.43. The third kappa shape index (κ3) is 8.60. The van der Waals surface area contributed by atoms with Crippen LogP contribution in [0.2, 0.25) is 0 Å². The van der Waals surface area contributed by atoms with E-state index in [4.69, 9.17) is 0 Å². The molecule has 0 saturated heterocycles. The van der Waals surface area contributed by atoms with Gasteiger partial charge in [0.1, 0.15) is 0 Å². The summed E-state index contributed by atoms with van der Waals surface area (Å²) in [5, 5.41) is 0. The van der Waals surface area contributed by atoms with Gasteiger partial charge in [-0.15, -0.1) is 0 Å². The molecule has 2 heteroatoms. The van der Waals surface area contributed by atoms with Crippen LogP contribution in [-0.4, -0.2) is 0 Å². The Morgan fingerprint density at radius 2 is 0.943 bits per heavy atom. The van der Waals surface area contributed by atoms with E-state index in [0.29, 0.717) is 0 Å². The van der Waals surface area contributed by atoms with Crippen molar-refractivity contribution in [3.63, 3.8) is 0 Å². The second-order valence-corrected chi connectivity index (χ2v) is 19.1. The Balaban J connectivity index is 0.841. The van der Waals surface area contributed by atoms with Crippen molar-refractivity contribution in [3.8, 4) is 44.5 Å². The minimum absolute atomic E-state index is 0.995. The van der Waals surface area contributed by atoms with Crippen molar-refractivity contribution in [2.45, 2.75) is 66.2 Å². The van der Waals surface area contributed by atoms with Crippen LogP contribution in [0.1, 0.15) is 75.6 Å². The van der Waals surface area contributed by atoms with Gasteiger partial charge in [-0.2, -0.15) is 0 Å². The molecule has 0 radical (unpaired) electrons. The molecular weight excluding hydrogens is 845 g/mol. The SMILES string of the molecule is C/C=C\C1=C(C)Cc2c1cccc2-c1ccc(N(C2=CC=CCC2)c2ccc(-c3cccc(-c4ccc(N(c5ccccc5)c5ccc(-c6cccc7c6CC(C)=C7CCC)cc5)cc4)c3)cc2)cc1. The molecule has 3 aliphatic carbocycles. The molecule has 0 saturated carbocycles. The van der Waals surface area contributed by atoms with Crippen molar-refractivity contribution in [2.24, 2.45) is 0 Å². The molecule has 0 atom stereocenters. The predicted octanol–water partition coefficient (Wildman–Crippen LogP) is 19.2. The lowest BCUT2D eigenvalue weighted by atomic mass is 9.94. The number of hydrogen-bond donors (Lipinski definition) is 0. The molecule has 0 unspecified atom stereocenters. The molecule has 3 aliphatic rings. The quantitative estimate of drug-likeness (QED) is 0.114. The van der Waals surface area contributed by atoms with Crippen molar-refractivity contribution in [3.05, 3.63) is 258 Å². The van der Waals surface area contributed by atoms with E-state index in [1.165, 1.54) is 101 Å². The van der Waals surface area contributed by atoms with Crippen LogP contribution in [0.4, 0.5) is 28.4 Å². The summed E-state index contributed by atoms with van der Waals surface area (Å²) < 4.78 is 0. The Labute approximate surface area is 415 Å². The molecule has 342 valence electrons. The van der Waals surface area contributed by atoms with Gasteiger partial charge >= 0.3 is 0 Å². The number of nitrogens with zero attached hydrogens (tertiary/aromatic N) is 2. The van der Waals surface area contributed by atoms with Gasteiger partial charge in [-0.1, -0.05) is 170 Å². The topological polar surface area (TPSA) is 6.48 Å². The standard InChI is InChI=1S/C68H60N2/c1-5-16-61-47(3)44-67-63(24-14-26-65(61)67)51-32-40-59(41-33-51)69(55-20-9-7-10-21-55)57-36-28-49(29-37-57)53-18-13-19-54(46-53)50-30-38-58(39-31-50)70(56-22-11-8-12-23-56)60-42-34-52(35-43-60)64-25-15-27-66-62(17-6-2)48(4)45-68(64)66/h5,7-9,11-16,18-20,22-43,46H,6,10,17,21,44-45H2,1-4H3/b16-5-. The van der Waals surface area contributed by atoms with Crippen molar-refractivity contribution in [2.75, 3.05) is 9.80 Å². The second kappa shape index (κ2) is 19.6. The lowest BCUT2D eigenvalue weighted by Gasteiger charge is -2.29. The highest BCUT2D eigenvalue weighted by Gasteiger charge is 2.24. The maximum Gasteiger partial charge on any atom is 0.0462 e. The number of para-hydroxylation sites is 1. The molecule has 0 N–H and O–H groups in total. The van der Waals surface area contributed by atoms with Crippen LogP contribution in [0.3, 0.4) is 0 Å². The summed E-state index contributed by atoms with van der Waals surface area (Å²) >= 11 is 0. The highest BCUT2D eigenvalue weighted by atomic mass is 15.2. The van der Waals surface area contributed by atoms with Gasteiger partial charge in [0.2, 0.25) is 0 Å². The van der Waals surface area contributed by atoms with Crippen molar-refractivity contribution in [1.82, 2.24) is 0 Å². The Kier molecular flexibility index (Phi) is 12.5. The summed E-state index contributed by atoms with van der Waals surface area (Å²) in [6.45, 7) is 8.96. The molecule has 0 aliphatic heterocycles. The molecule has 0 amide bonds. The molecule has 11 rings (SSSR count). The Hall–Kier alpha value is -7.94. The van der Waals surface area contributed by atoms with E-state index in [2.05, 4.69) is 256 Å². The number of allylic oxidation sites excluding steroid dienone is 10. The summed E-state index contributed by atoms with van der Waals surface area (Å²) in [5.74, 6) is 0. The molecule has 0 fully saturated rings. The van der Waals surface area contributed by atoms with E-state index in [9.17, 15) is 0 Å². The molecule has 0 aromatic heterocycles. The lowest BCUT2D eigenvalue weighted by Crippen LogP contribution is -2.17. The normalized spacial score (nSPS) is 14.0. The zero-order valence-corrected chi connectivity index (χ0v) is 40.9. The van der Waals surface area contributed by atoms with Crippen LogP contribution in [0.15, 0.2) is 235 Å². The second-order valence-electron chi connectivity index (χ2n) is 19.1. The Morgan fingerprint density at radius 3 is 1.49 bits per heavy atom. The van der Waals surface area contributed by atoms with Crippen molar-refractivity contribution >= 4 is 39.6 Å². The highest BCUT2D eigenvalue weighted by Crippen LogP contribution is 2.44. The molecule has 8 aromatic carbocycles. The van der Waals surface area contributed by atoms with E-state index in [1.54, 1.807) is 5.57 Å². The summed E-state index contributed by atoms with van der Waals surface area (Å²) in [6.07, 6.45) is 17.5. The minimum Gasteiger partial charge on any atom is -0.314 e. The summed E-state index contributed by atoms with van der Waals surface area (Å²) in [7, 11) is 0. The fourth-order valence-electron chi connectivity index (χ4n) is 11.2. The van der Waals surface area contributed by atoms with Gasteiger partial charge in [0.15, 0.2) is 0 Å². The summed E-state index contributed by atoms with van der Waals surface area (Å²) in [4.78, 5) is 4.79. The molecule has 0 heterocycles. The largest absolute Gasteiger partial charge is 0.314 e. The molecule has 0 spiro atoms. The Bertz CT molecular complexity index is 3360. The van der Waals surface area contributed by atoms with Crippen LogP contribution in [-0.2, 0) is 12.8 Å². The Morgan fingerprint density at radius 1 is 0.457 bits per heavy atom. The first-order chi connectivity index (χ1) is 34.4. The smallest absolute Gasteiger partial charge is 0.0462 e. The summed E-state index contributed by atoms with van der Waals surface area (Å²) in [5.41, 5.74) is 28.6. The third-order valence-corrected chi connectivity index (χ3v) is 14.6. The fourth-order valence-corrected chi connectivity index (χ4v) is 11.2. The number of hydrogen-bond acceptors (Lipinski definition) is 2. The van der Waals surface area contributed by atoms with Gasteiger partial charge in [-0.3, -0.25) is 0 Å². The first-order valence-corrected chi connectivity index (χ1v) is 25.2. The predicted molar refractivity (Wildman–Crippen MR) is 300 cm³/mol. The van der Waals surface area contributed by atoms with Gasteiger partial charge in [0.05, 0.1) is 0 Å². The molecule has 70 heavy (non-hydrogen) atoms. The van der Waals surface area contributed by atoms with Crippen LogP contribution in [0.5, 0.6) is 0 Å². The average molecular weight is 905 g/mol. The molecule has 8 aromatic rings. The van der Waals surface area contributed by atoms with Gasteiger partial charge in [-0.25, -0.2) is 0 Å². The van der Waals surface area contributed by atoms with Crippen LogP contribution in [0, 0.1) is 0 Å². The molecule has 2 nitrogen and oxygen atoms in total. The van der Waals surface area contributed by atoms with Gasteiger partial charge < -0.3 is 9.80 Å². The van der Waals surface area contributed by atoms with Gasteiger partial charge in [0, 0.05) is 34.1 Å². The first-order valence-electron chi connectivity index (χ1n) is 25.2.